The maximum Gasteiger partial charge on any atom is 0.274 e. The summed E-state index contributed by atoms with van der Waals surface area (Å²) in [5.74, 6) is 1.58. The Balaban J connectivity index is 1.57. The van der Waals surface area contributed by atoms with Crippen LogP contribution in [-0.4, -0.2) is 42.1 Å². The Hall–Kier alpha value is -3.09. The minimum absolute atomic E-state index is 0.175. The first-order valence-electron chi connectivity index (χ1n) is 7.55. The summed E-state index contributed by atoms with van der Waals surface area (Å²) in [5.41, 5.74) is 2.00. The third-order valence-corrected chi connectivity index (χ3v) is 3.88. The van der Waals surface area contributed by atoms with Gasteiger partial charge in [0.25, 0.3) is 5.91 Å². The van der Waals surface area contributed by atoms with Crippen LogP contribution in [-0.2, 0) is 0 Å². The number of pyridine rings is 1. The molecule has 7 nitrogen and oxygen atoms in total. The van der Waals surface area contributed by atoms with Crippen LogP contribution >= 0.6 is 0 Å². The minimum atomic E-state index is -0.175. The van der Waals surface area contributed by atoms with E-state index in [-0.39, 0.29) is 12.7 Å². The molecule has 7 heteroatoms. The molecule has 2 aromatic rings. The molecule has 24 heavy (non-hydrogen) atoms. The zero-order valence-electron chi connectivity index (χ0n) is 13.1. The summed E-state index contributed by atoms with van der Waals surface area (Å²) < 4.78 is 15.7. The number of carbonyl (C=O) groups excluding carboxylic acids is 1. The molecule has 122 valence electrons. The van der Waals surface area contributed by atoms with Gasteiger partial charge in [-0.25, -0.2) is 9.99 Å². The van der Waals surface area contributed by atoms with Gasteiger partial charge in [0.15, 0.2) is 11.5 Å². The smallest absolute Gasteiger partial charge is 0.274 e. The van der Waals surface area contributed by atoms with Crippen LogP contribution in [0.3, 0.4) is 0 Å². The number of aromatic nitrogens is 1. The highest BCUT2D eigenvalue weighted by atomic mass is 16.7. The predicted octanol–water partition coefficient (Wildman–Crippen LogP) is 2.07. The largest absolute Gasteiger partial charge is 0.481 e. The zero-order chi connectivity index (χ0) is 16.5. The lowest BCUT2D eigenvalue weighted by Crippen LogP contribution is -2.23. The van der Waals surface area contributed by atoms with Gasteiger partial charge in [-0.1, -0.05) is 6.07 Å². The van der Waals surface area contributed by atoms with Crippen LogP contribution in [0.2, 0.25) is 0 Å². The van der Waals surface area contributed by atoms with Crippen molar-refractivity contribution in [3.8, 4) is 17.4 Å². The van der Waals surface area contributed by atoms with Gasteiger partial charge in [-0.3, -0.25) is 4.79 Å². The zero-order valence-corrected chi connectivity index (χ0v) is 13.1. The summed E-state index contributed by atoms with van der Waals surface area (Å²) >= 11 is 0. The molecule has 0 saturated heterocycles. The molecule has 3 heterocycles. The second-order valence-electron chi connectivity index (χ2n) is 5.36. The summed E-state index contributed by atoms with van der Waals surface area (Å²) in [6.07, 6.45) is 0.649. The van der Waals surface area contributed by atoms with E-state index in [1.165, 1.54) is 5.01 Å². The van der Waals surface area contributed by atoms with Gasteiger partial charge >= 0.3 is 0 Å². The Kier molecular flexibility index (Phi) is 3.53. The first kappa shape index (κ1) is 14.5. The van der Waals surface area contributed by atoms with Gasteiger partial charge in [0, 0.05) is 18.1 Å². The summed E-state index contributed by atoms with van der Waals surface area (Å²) in [7, 11) is 1.57. The van der Waals surface area contributed by atoms with Crippen molar-refractivity contribution < 1.29 is 19.0 Å². The van der Waals surface area contributed by atoms with Crippen LogP contribution in [0.1, 0.15) is 22.5 Å². The van der Waals surface area contributed by atoms with Gasteiger partial charge < -0.3 is 14.2 Å². The van der Waals surface area contributed by atoms with Crippen molar-refractivity contribution in [2.24, 2.45) is 5.10 Å². The van der Waals surface area contributed by atoms with Gasteiger partial charge in [0.2, 0.25) is 12.7 Å². The van der Waals surface area contributed by atoms with Crippen molar-refractivity contribution in [1.29, 1.82) is 0 Å². The van der Waals surface area contributed by atoms with Crippen LogP contribution in [0, 0.1) is 0 Å². The summed E-state index contributed by atoms with van der Waals surface area (Å²) in [5, 5.41) is 5.87. The van der Waals surface area contributed by atoms with E-state index < -0.39 is 0 Å². The van der Waals surface area contributed by atoms with Gasteiger partial charge in [0.05, 0.1) is 25.1 Å². The van der Waals surface area contributed by atoms with Gasteiger partial charge in [-0.15, -0.1) is 0 Å². The number of ether oxygens (including phenoxy) is 3. The monoisotopic (exact) mass is 325 g/mol. The first-order valence-corrected chi connectivity index (χ1v) is 7.55. The van der Waals surface area contributed by atoms with Crippen LogP contribution in [0.25, 0.3) is 0 Å². The Bertz CT molecular complexity index is 834. The number of hydrogen-bond donors (Lipinski definition) is 0. The predicted molar refractivity (Wildman–Crippen MR) is 85.5 cm³/mol. The Labute approximate surface area is 138 Å². The lowest BCUT2D eigenvalue weighted by atomic mass is 10.1. The second kappa shape index (κ2) is 5.84. The molecule has 0 bridgehead atoms. The van der Waals surface area contributed by atoms with E-state index in [0.29, 0.717) is 35.9 Å². The van der Waals surface area contributed by atoms with Crippen LogP contribution in [0.5, 0.6) is 17.4 Å². The fourth-order valence-corrected chi connectivity index (χ4v) is 2.65. The van der Waals surface area contributed by atoms with Crippen molar-refractivity contribution in [3.63, 3.8) is 0 Å². The molecular formula is C17H15N3O4. The van der Waals surface area contributed by atoms with E-state index in [4.69, 9.17) is 14.2 Å². The van der Waals surface area contributed by atoms with Crippen molar-refractivity contribution in [2.75, 3.05) is 20.4 Å². The molecule has 0 aliphatic carbocycles. The van der Waals surface area contributed by atoms with E-state index >= 15 is 0 Å². The SMILES string of the molecule is COc1cccc(C2=NN(C(=O)c3ccc4c(c3)OCO4)CC2)n1. The highest BCUT2D eigenvalue weighted by Gasteiger charge is 2.25. The number of methoxy groups -OCH3 is 1. The molecular weight excluding hydrogens is 310 g/mol. The lowest BCUT2D eigenvalue weighted by molar-refractivity contribution is 0.0778. The van der Waals surface area contributed by atoms with E-state index in [1.54, 1.807) is 31.4 Å². The fourth-order valence-electron chi connectivity index (χ4n) is 2.65. The summed E-state index contributed by atoms with van der Waals surface area (Å²) in [6, 6.07) is 10.6. The molecule has 0 unspecified atom stereocenters. The Morgan fingerprint density at radius 3 is 2.96 bits per heavy atom. The van der Waals surface area contributed by atoms with E-state index in [9.17, 15) is 4.79 Å². The summed E-state index contributed by atoms with van der Waals surface area (Å²) in [6.45, 7) is 0.696. The number of benzene rings is 1. The molecule has 1 aromatic heterocycles. The first-order chi connectivity index (χ1) is 11.7. The fraction of sp³-hybridized carbons (Fsp3) is 0.235. The quantitative estimate of drug-likeness (QED) is 0.864. The number of amides is 1. The van der Waals surface area contributed by atoms with E-state index in [0.717, 1.165) is 11.4 Å². The molecule has 0 radical (unpaired) electrons. The average Bonchev–Trinajstić information content (AvgIpc) is 3.29. The van der Waals surface area contributed by atoms with Gasteiger partial charge in [-0.2, -0.15) is 5.10 Å². The third-order valence-electron chi connectivity index (χ3n) is 3.88. The number of hydrazone groups is 1. The third kappa shape index (κ3) is 2.54. The topological polar surface area (TPSA) is 73.2 Å². The van der Waals surface area contributed by atoms with Crippen molar-refractivity contribution in [1.82, 2.24) is 9.99 Å². The standard InChI is InChI=1S/C17H15N3O4/c1-22-16-4-2-3-12(18-16)13-7-8-20(19-13)17(21)11-5-6-14-15(9-11)24-10-23-14/h2-6,9H,7-8,10H2,1H3. The van der Waals surface area contributed by atoms with E-state index in [2.05, 4.69) is 10.1 Å². The van der Waals surface area contributed by atoms with Crippen molar-refractivity contribution >= 4 is 11.6 Å². The molecule has 1 amide bonds. The number of fused-ring (bicyclic) bond motifs is 1. The molecule has 2 aliphatic heterocycles. The molecule has 0 fully saturated rings. The normalized spacial score (nSPS) is 15.4. The summed E-state index contributed by atoms with van der Waals surface area (Å²) in [4.78, 5) is 17.0. The Morgan fingerprint density at radius 2 is 2.08 bits per heavy atom. The second-order valence-corrected chi connectivity index (χ2v) is 5.36. The molecule has 0 atom stereocenters. The molecule has 0 saturated carbocycles. The highest BCUT2D eigenvalue weighted by molar-refractivity contribution is 6.03. The number of carbonyl (C=O) groups is 1. The maximum absolute atomic E-state index is 12.6. The average molecular weight is 325 g/mol. The number of nitrogens with zero attached hydrogens (tertiary/aromatic N) is 3. The van der Waals surface area contributed by atoms with Crippen LogP contribution in [0.15, 0.2) is 41.5 Å². The highest BCUT2D eigenvalue weighted by Crippen LogP contribution is 2.33. The lowest BCUT2D eigenvalue weighted by Gasteiger charge is -2.11. The van der Waals surface area contributed by atoms with Crippen LogP contribution in [0.4, 0.5) is 0 Å². The molecule has 0 N–H and O–H groups in total. The van der Waals surface area contributed by atoms with E-state index in [1.807, 2.05) is 12.1 Å². The Morgan fingerprint density at radius 1 is 1.21 bits per heavy atom. The number of hydrogen-bond acceptors (Lipinski definition) is 6. The molecule has 4 rings (SSSR count). The van der Waals surface area contributed by atoms with Gasteiger partial charge in [-0.05, 0) is 24.3 Å². The van der Waals surface area contributed by atoms with Gasteiger partial charge in [0.1, 0.15) is 0 Å². The van der Waals surface area contributed by atoms with Crippen molar-refractivity contribution in [3.05, 3.63) is 47.7 Å². The minimum Gasteiger partial charge on any atom is -0.481 e. The molecule has 0 spiro atoms. The maximum atomic E-state index is 12.6. The van der Waals surface area contributed by atoms with Crippen LogP contribution < -0.4 is 14.2 Å². The van der Waals surface area contributed by atoms with Crippen molar-refractivity contribution in [2.45, 2.75) is 6.42 Å². The molecule has 1 aromatic carbocycles. The molecule has 2 aliphatic rings. The number of rotatable bonds is 3.